The van der Waals surface area contributed by atoms with Crippen LogP contribution < -0.4 is 4.74 Å². The largest absolute Gasteiger partial charge is 0.494 e. The molecule has 0 amide bonds. The molecule has 0 unspecified atom stereocenters. The Morgan fingerprint density at radius 1 is 0.929 bits per heavy atom. The first-order valence-electron chi connectivity index (χ1n) is 10.4. The Morgan fingerprint density at radius 3 is 2.04 bits per heavy atom. The second-order valence-electron chi connectivity index (χ2n) is 8.60. The van der Waals surface area contributed by atoms with Gasteiger partial charge in [-0.1, -0.05) is 38.0 Å². The summed E-state index contributed by atoms with van der Waals surface area (Å²) in [6, 6.07) is 2.54. The molecule has 1 aromatic carbocycles. The summed E-state index contributed by atoms with van der Waals surface area (Å²) in [6.07, 6.45) is 8.15. The van der Waals surface area contributed by atoms with Crippen LogP contribution in [-0.2, 0) is 6.18 Å². The van der Waals surface area contributed by atoms with Gasteiger partial charge in [-0.15, -0.1) is 0 Å². The Balaban J connectivity index is 1.64. The van der Waals surface area contributed by atoms with Crippen LogP contribution in [0.25, 0.3) is 6.08 Å². The zero-order valence-corrected chi connectivity index (χ0v) is 16.7. The molecular weight excluding hydrogens is 368 g/mol. The topological polar surface area (TPSA) is 9.23 Å². The number of rotatable bonds is 4. The number of hydrogen-bond donors (Lipinski definition) is 0. The number of allylic oxidation sites excluding steroid dienone is 1. The highest BCUT2D eigenvalue weighted by Gasteiger charge is 2.38. The summed E-state index contributed by atoms with van der Waals surface area (Å²) < 4.78 is 58.9. The summed E-state index contributed by atoms with van der Waals surface area (Å²) in [5, 5.41) is 0. The summed E-state index contributed by atoms with van der Waals surface area (Å²) in [5.41, 5.74) is -1.37. The minimum atomic E-state index is -4.76. The van der Waals surface area contributed by atoms with Gasteiger partial charge in [0.05, 0.1) is 7.11 Å². The molecule has 0 radical (unpaired) electrons. The quantitative estimate of drug-likeness (QED) is 0.477. The Hall–Kier alpha value is -1.52. The molecule has 1 nitrogen and oxygen atoms in total. The molecule has 28 heavy (non-hydrogen) atoms. The van der Waals surface area contributed by atoms with Crippen molar-refractivity contribution in [3.63, 3.8) is 0 Å². The van der Waals surface area contributed by atoms with E-state index in [0.29, 0.717) is 0 Å². The molecule has 0 bridgehead atoms. The van der Waals surface area contributed by atoms with Gasteiger partial charge in [-0.25, -0.2) is 4.39 Å². The Kier molecular flexibility index (Phi) is 6.72. The van der Waals surface area contributed by atoms with Gasteiger partial charge in [0.15, 0.2) is 11.6 Å². The maximum absolute atomic E-state index is 14.2. The van der Waals surface area contributed by atoms with Crippen LogP contribution in [0, 0.1) is 29.5 Å². The van der Waals surface area contributed by atoms with Gasteiger partial charge in [0.1, 0.15) is 5.56 Å². The van der Waals surface area contributed by atoms with E-state index in [1.807, 2.05) is 6.08 Å². The second-order valence-corrected chi connectivity index (χ2v) is 8.60. The van der Waals surface area contributed by atoms with E-state index in [-0.39, 0.29) is 17.2 Å². The van der Waals surface area contributed by atoms with E-state index >= 15 is 0 Å². The minimum absolute atomic E-state index is 0.130. The number of methoxy groups -OCH3 is 1. The molecule has 0 aliphatic heterocycles. The zero-order chi connectivity index (χ0) is 20.3. The highest BCUT2D eigenvalue weighted by atomic mass is 19.4. The lowest BCUT2D eigenvalue weighted by Crippen LogP contribution is -2.24. The summed E-state index contributed by atoms with van der Waals surface area (Å²) >= 11 is 0. The van der Waals surface area contributed by atoms with Crippen LogP contribution in [0.4, 0.5) is 17.6 Å². The monoisotopic (exact) mass is 398 g/mol. The van der Waals surface area contributed by atoms with Crippen LogP contribution in [0.3, 0.4) is 0 Å². The van der Waals surface area contributed by atoms with Gasteiger partial charge in [0.2, 0.25) is 0 Å². The van der Waals surface area contributed by atoms with Gasteiger partial charge in [-0.3, -0.25) is 0 Å². The Bertz CT molecular complexity index is 679. The first-order valence-corrected chi connectivity index (χ1v) is 10.4. The van der Waals surface area contributed by atoms with Crippen molar-refractivity contribution in [1.82, 2.24) is 0 Å². The highest BCUT2D eigenvalue weighted by Crippen LogP contribution is 2.42. The van der Waals surface area contributed by atoms with Crippen molar-refractivity contribution in [1.29, 1.82) is 0 Å². The molecular formula is C23H30F4O. The van der Waals surface area contributed by atoms with Crippen LogP contribution in [0.2, 0.25) is 0 Å². The van der Waals surface area contributed by atoms with Crippen LogP contribution >= 0.6 is 0 Å². The van der Waals surface area contributed by atoms with Crippen molar-refractivity contribution < 1.29 is 22.3 Å². The summed E-state index contributed by atoms with van der Waals surface area (Å²) in [6.45, 7) is 2.33. The Morgan fingerprint density at radius 2 is 1.50 bits per heavy atom. The summed E-state index contributed by atoms with van der Waals surface area (Å²) in [4.78, 5) is 0. The summed E-state index contributed by atoms with van der Waals surface area (Å²) in [5.74, 6) is 0.988. The van der Waals surface area contributed by atoms with Crippen molar-refractivity contribution in [2.45, 2.75) is 64.5 Å². The number of ether oxygens (including phenoxy) is 1. The van der Waals surface area contributed by atoms with E-state index in [0.717, 1.165) is 43.4 Å². The third-order valence-electron chi connectivity index (χ3n) is 6.73. The van der Waals surface area contributed by atoms with Gasteiger partial charge in [-0.2, -0.15) is 13.2 Å². The SMILES string of the molecule is COc1ccc(/C=C/C2CCC(C3CCC(C)CC3)CC2)c(C(F)(F)F)c1F. The lowest BCUT2D eigenvalue weighted by atomic mass is 9.69. The Labute approximate surface area is 165 Å². The van der Waals surface area contributed by atoms with Crippen molar-refractivity contribution in [2.24, 2.45) is 23.7 Å². The standard InChI is InChI=1S/C23H30F4O/c1-15-3-8-17(9-4-15)18-10-5-16(6-11-18)7-12-19-13-14-20(28-2)22(24)21(19)23(25,26)27/h7,12-18H,3-6,8-11H2,1-2H3/b12-7+. The molecule has 0 saturated heterocycles. The lowest BCUT2D eigenvalue weighted by Gasteiger charge is -2.36. The highest BCUT2D eigenvalue weighted by molar-refractivity contribution is 5.57. The fraction of sp³-hybridized carbons (Fsp3) is 0.652. The smallest absolute Gasteiger partial charge is 0.419 e. The zero-order valence-electron chi connectivity index (χ0n) is 16.7. The van der Waals surface area contributed by atoms with Crippen molar-refractivity contribution >= 4 is 6.08 Å². The molecule has 0 heterocycles. The number of hydrogen-bond acceptors (Lipinski definition) is 1. The maximum atomic E-state index is 14.2. The molecule has 5 heteroatoms. The summed E-state index contributed by atoms with van der Waals surface area (Å²) in [7, 11) is 1.17. The van der Waals surface area contributed by atoms with Gasteiger partial charge < -0.3 is 4.74 Å². The third-order valence-corrected chi connectivity index (χ3v) is 6.73. The van der Waals surface area contributed by atoms with E-state index in [1.165, 1.54) is 51.0 Å². The first-order chi connectivity index (χ1) is 13.3. The predicted molar refractivity (Wildman–Crippen MR) is 104 cm³/mol. The van der Waals surface area contributed by atoms with Gasteiger partial charge in [0.25, 0.3) is 0 Å². The molecule has 2 fully saturated rings. The molecule has 2 saturated carbocycles. The van der Waals surface area contributed by atoms with Crippen LogP contribution in [0.1, 0.15) is 69.4 Å². The molecule has 3 rings (SSSR count). The van der Waals surface area contributed by atoms with Gasteiger partial charge in [-0.05, 0) is 73.8 Å². The second kappa shape index (κ2) is 8.87. The molecule has 0 atom stereocenters. The molecule has 1 aromatic rings. The number of alkyl halides is 3. The lowest BCUT2D eigenvalue weighted by molar-refractivity contribution is -0.140. The van der Waals surface area contributed by atoms with Crippen molar-refractivity contribution in [2.75, 3.05) is 7.11 Å². The maximum Gasteiger partial charge on any atom is 0.419 e. The van der Waals surface area contributed by atoms with E-state index in [9.17, 15) is 17.6 Å². The fourth-order valence-electron chi connectivity index (χ4n) is 4.96. The molecule has 0 aromatic heterocycles. The predicted octanol–water partition coefficient (Wildman–Crippen LogP) is 7.50. The average Bonchev–Trinajstić information content (AvgIpc) is 2.66. The van der Waals surface area contributed by atoms with E-state index in [2.05, 4.69) is 6.92 Å². The number of benzene rings is 1. The first kappa shape index (κ1) is 21.2. The fourth-order valence-corrected chi connectivity index (χ4v) is 4.96. The van der Waals surface area contributed by atoms with E-state index < -0.39 is 17.6 Å². The molecule has 2 aliphatic carbocycles. The minimum Gasteiger partial charge on any atom is -0.494 e. The average molecular weight is 398 g/mol. The van der Waals surface area contributed by atoms with Crippen LogP contribution in [0.15, 0.2) is 18.2 Å². The van der Waals surface area contributed by atoms with Gasteiger partial charge in [0, 0.05) is 0 Å². The van der Waals surface area contributed by atoms with Crippen molar-refractivity contribution in [3.8, 4) is 5.75 Å². The van der Waals surface area contributed by atoms with E-state index in [4.69, 9.17) is 4.74 Å². The third kappa shape index (κ3) is 4.90. The van der Waals surface area contributed by atoms with E-state index in [1.54, 1.807) is 0 Å². The van der Waals surface area contributed by atoms with Crippen LogP contribution in [0.5, 0.6) is 5.75 Å². The molecule has 0 N–H and O–H groups in total. The number of halogens is 4. The van der Waals surface area contributed by atoms with Crippen LogP contribution in [-0.4, -0.2) is 7.11 Å². The van der Waals surface area contributed by atoms with Gasteiger partial charge >= 0.3 is 6.18 Å². The molecule has 2 aliphatic rings. The van der Waals surface area contributed by atoms with Crippen molar-refractivity contribution in [3.05, 3.63) is 35.2 Å². The molecule has 156 valence electrons. The molecule has 0 spiro atoms. The normalized spacial score (nSPS) is 29.2.